The van der Waals surface area contributed by atoms with Crippen molar-refractivity contribution in [2.24, 2.45) is 0 Å². The van der Waals surface area contributed by atoms with Gasteiger partial charge in [-0.25, -0.2) is 0 Å². The number of ketones is 1. The Balaban J connectivity index is 3.24. The van der Waals surface area contributed by atoms with E-state index >= 15 is 0 Å². The zero-order valence-corrected chi connectivity index (χ0v) is 10.8. The minimum Gasteiger partial charge on any atom is -0.380 e. The first kappa shape index (κ1) is 12.9. The molecule has 0 saturated carbocycles. The first-order chi connectivity index (χ1) is 7.34. The van der Waals surface area contributed by atoms with Crippen molar-refractivity contribution in [2.45, 2.75) is 39.7 Å². The lowest BCUT2D eigenvalue weighted by atomic mass is 9.84. The zero-order valence-electron chi connectivity index (χ0n) is 10.8. The molecule has 0 saturated heterocycles. The molecule has 16 heavy (non-hydrogen) atoms. The second-order valence-corrected chi connectivity index (χ2v) is 5.16. The number of methoxy groups -OCH3 is 1. The first-order valence-corrected chi connectivity index (χ1v) is 5.49. The Labute approximate surface area is 97.6 Å². The highest BCUT2D eigenvalue weighted by Crippen LogP contribution is 2.25. The first-order valence-electron chi connectivity index (χ1n) is 5.49. The fourth-order valence-electron chi connectivity index (χ4n) is 1.58. The highest BCUT2D eigenvalue weighted by atomic mass is 16.5. The molecule has 0 aromatic heterocycles. The smallest absolute Gasteiger partial charge is 0.159 e. The van der Waals surface area contributed by atoms with Crippen molar-refractivity contribution >= 4 is 5.78 Å². The van der Waals surface area contributed by atoms with Crippen LogP contribution in [0.2, 0.25) is 0 Å². The highest BCUT2D eigenvalue weighted by molar-refractivity contribution is 5.94. The molecular weight excluding hydrogens is 200 g/mol. The van der Waals surface area contributed by atoms with E-state index in [9.17, 15) is 4.79 Å². The van der Waals surface area contributed by atoms with E-state index in [1.165, 1.54) is 5.56 Å². The summed E-state index contributed by atoms with van der Waals surface area (Å²) in [4.78, 5) is 11.4. The van der Waals surface area contributed by atoms with Gasteiger partial charge in [0.1, 0.15) is 0 Å². The third kappa shape index (κ3) is 3.17. The quantitative estimate of drug-likeness (QED) is 0.730. The van der Waals surface area contributed by atoms with E-state index in [4.69, 9.17) is 4.74 Å². The summed E-state index contributed by atoms with van der Waals surface area (Å²) in [5, 5.41) is 0. The molecular formula is C14H20O2. The van der Waals surface area contributed by atoms with Crippen LogP contribution >= 0.6 is 0 Å². The lowest BCUT2D eigenvalue weighted by molar-refractivity contribution is 0.101. The molecule has 0 atom stereocenters. The molecule has 0 unspecified atom stereocenters. The van der Waals surface area contributed by atoms with Gasteiger partial charge < -0.3 is 4.74 Å². The van der Waals surface area contributed by atoms with E-state index in [-0.39, 0.29) is 11.2 Å². The van der Waals surface area contributed by atoms with E-state index in [0.717, 1.165) is 11.1 Å². The molecule has 1 aromatic rings. The fraction of sp³-hybridized carbons (Fsp3) is 0.500. The second-order valence-electron chi connectivity index (χ2n) is 5.16. The molecule has 0 spiro atoms. The average molecular weight is 220 g/mol. The Bertz CT molecular complexity index is 386. The molecule has 0 aliphatic heterocycles. The normalized spacial score (nSPS) is 11.6. The number of hydrogen-bond donors (Lipinski definition) is 0. The van der Waals surface area contributed by atoms with Gasteiger partial charge in [-0.3, -0.25) is 4.79 Å². The third-order valence-electron chi connectivity index (χ3n) is 2.58. The minimum absolute atomic E-state index is 0.0496. The largest absolute Gasteiger partial charge is 0.380 e. The number of benzene rings is 1. The number of Topliss-reactive ketones (excluding diaryl/α,β-unsaturated/α-hetero) is 1. The van der Waals surface area contributed by atoms with Crippen molar-refractivity contribution in [3.63, 3.8) is 0 Å². The summed E-state index contributed by atoms with van der Waals surface area (Å²) >= 11 is 0. The summed E-state index contributed by atoms with van der Waals surface area (Å²) in [6.07, 6.45) is 0. The number of rotatable bonds is 3. The average Bonchev–Trinajstić information content (AvgIpc) is 2.16. The number of hydrogen-bond acceptors (Lipinski definition) is 2. The fourth-order valence-corrected chi connectivity index (χ4v) is 1.58. The Morgan fingerprint density at radius 2 is 1.88 bits per heavy atom. The summed E-state index contributed by atoms with van der Waals surface area (Å²) < 4.78 is 5.12. The third-order valence-corrected chi connectivity index (χ3v) is 2.58. The summed E-state index contributed by atoms with van der Waals surface area (Å²) in [6, 6.07) is 5.98. The number of carbonyl (C=O) groups is 1. The Morgan fingerprint density at radius 3 is 2.31 bits per heavy atom. The topological polar surface area (TPSA) is 26.3 Å². The van der Waals surface area contributed by atoms with Crippen LogP contribution in [-0.4, -0.2) is 12.9 Å². The summed E-state index contributed by atoms with van der Waals surface area (Å²) in [7, 11) is 1.66. The molecule has 88 valence electrons. The van der Waals surface area contributed by atoms with Crippen molar-refractivity contribution in [1.82, 2.24) is 0 Å². The van der Waals surface area contributed by atoms with Crippen LogP contribution < -0.4 is 0 Å². The van der Waals surface area contributed by atoms with Crippen LogP contribution in [0.5, 0.6) is 0 Å². The minimum atomic E-state index is 0.0496. The number of carbonyl (C=O) groups excluding carboxylic acids is 1. The van der Waals surface area contributed by atoms with Gasteiger partial charge in [-0.1, -0.05) is 26.8 Å². The molecule has 0 fully saturated rings. The molecule has 0 bridgehead atoms. The molecule has 0 radical (unpaired) electrons. The van der Waals surface area contributed by atoms with E-state index < -0.39 is 0 Å². The van der Waals surface area contributed by atoms with E-state index in [0.29, 0.717) is 6.61 Å². The van der Waals surface area contributed by atoms with Crippen LogP contribution in [0.1, 0.15) is 49.2 Å². The van der Waals surface area contributed by atoms with Gasteiger partial charge in [-0.2, -0.15) is 0 Å². The predicted molar refractivity (Wildman–Crippen MR) is 65.9 cm³/mol. The summed E-state index contributed by atoms with van der Waals surface area (Å²) in [5.74, 6) is 0.100. The van der Waals surface area contributed by atoms with Crippen LogP contribution in [0, 0.1) is 0 Å². The maximum absolute atomic E-state index is 11.4. The lowest BCUT2D eigenvalue weighted by Crippen LogP contribution is -2.13. The number of ether oxygens (including phenoxy) is 1. The van der Waals surface area contributed by atoms with Crippen LogP contribution in [-0.2, 0) is 16.8 Å². The van der Waals surface area contributed by atoms with Crippen molar-refractivity contribution in [3.05, 3.63) is 34.9 Å². The van der Waals surface area contributed by atoms with Crippen molar-refractivity contribution in [2.75, 3.05) is 7.11 Å². The van der Waals surface area contributed by atoms with Gasteiger partial charge in [0.2, 0.25) is 0 Å². The zero-order chi connectivity index (χ0) is 12.3. The van der Waals surface area contributed by atoms with E-state index in [2.05, 4.69) is 26.8 Å². The van der Waals surface area contributed by atoms with Crippen LogP contribution in [0.3, 0.4) is 0 Å². The Hall–Kier alpha value is -1.15. The van der Waals surface area contributed by atoms with Gasteiger partial charge in [0, 0.05) is 12.7 Å². The Morgan fingerprint density at radius 1 is 1.25 bits per heavy atom. The van der Waals surface area contributed by atoms with Gasteiger partial charge in [-0.15, -0.1) is 0 Å². The van der Waals surface area contributed by atoms with E-state index in [1.54, 1.807) is 14.0 Å². The maximum Gasteiger partial charge on any atom is 0.159 e. The molecule has 1 aromatic carbocycles. The second kappa shape index (κ2) is 4.79. The molecule has 0 aliphatic carbocycles. The van der Waals surface area contributed by atoms with Crippen LogP contribution in [0.15, 0.2) is 18.2 Å². The van der Waals surface area contributed by atoms with Gasteiger partial charge in [0.15, 0.2) is 5.78 Å². The standard InChI is InChI=1S/C14H20O2/c1-10(15)12-6-11(9-16-5)7-13(8-12)14(2,3)4/h6-8H,9H2,1-5H3. The van der Waals surface area contributed by atoms with Gasteiger partial charge in [-0.05, 0) is 35.6 Å². The van der Waals surface area contributed by atoms with Gasteiger partial charge >= 0.3 is 0 Å². The van der Waals surface area contributed by atoms with Crippen molar-refractivity contribution in [3.8, 4) is 0 Å². The van der Waals surface area contributed by atoms with E-state index in [1.807, 2.05) is 12.1 Å². The Kier molecular flexibility index (Phi) is 3.87. The highest BCUT2D eigenvalue weighted by Gasteiger charge is 2.16. The molecule has 2 nitrogen and oxygen atoms in total. The van der Waals surface area contributed by atoms with Gasteiger partial charge in [0.05, 0.1) is 6.61 Å². The SMILES string of the molecule is COCc1cc(C(C)=O)cc(C(C)(C)C)c1. The van der Waals surface area contributed by atoms with Crippen molar-refractivity contribution < 1.29 is 9.53 Å². The molecule has 1 rings (SSSR count). The van der Waals surface area contributed by atoms with Crippen molar-refractivity contribution in [1.29, 1.82) is 0 Å². The predicted octanol–water partition coefficient (Wildman–Crippen LogP) is 3.33. The molecule has 0 amide bonds. The molecule has 0 N–H and O–H groups in total. The maximum atomic E-state index is 11.4. The van der Waals surface area contributed by atoms with Gasteiger partial charge in [0.25, 0.3) is 0 Å². The van der Waals surface area contributed by atoms with Crippen LogP contribution in [0.4, 0.5) is 0 Å². The summed E-state index contributed by atoms with van der Waals surface area (Å²) in [5.41, 5.74) is 3.04. The van der Waals surface area contributed by atoms with Crippen LogP contribution in [0.25, 0.3) is 0 Å². The lowest BCUT2D eigenvalue weighted by Gasteiger charge is -2.20. The molecule has 2 heteroatoms. The molecule has 0 heterocycles. The monoisotopic (exact) mass is 220 g/mol. The summed E-state index contributed by atoms with van der Waals surface area (Å²) in [6.45, 7) is 8.57. The molecule has 0 aliphatic rings.